The van der Waals surface area contributed by atoms with Crippen molar-refractivity contribution in [3.8, 4) is 0 Å². The van der Waals surface area contributed by atoms with Crippen LogP contribution in [0.5, 0.6) is 0 Å². The van der Waals surface area contributed by atoms with E-state index in [1.165, 1.54) is 31.2 Å². The fraction of sp³-hybridized carbons (Fsp3) is 0.500. The molecule has 0 aromatic heterocycles. The highest BCUT2D eigenvalue weighted by Gasteiger charge is 2.29. The molecule has 0 aliphatic rings. The van der Waals surface area contributed by atoms with Crippen LogP contribution in [0.25, 0.3) is 0 Å². The normalized spacial score (nSPS) is 13.2. The Balaban J connectivity index is 2.76. The molecule has 20 heavy (non-hydrogen) atoms. The molecule has 0 aliphatic carbocycles. The van der Waals surface area contributed by atoms with E-state index in [4.69, 9.17) is 5.73 Å². The van der Waals surface area contributed by atoms with Gasteiger partial charge in [0, 0.05) is 12.2 Å². The monoisotopic (exact) mass is 298 g/mol. The first-order valence-corrected chi connectivity index (χ1v) is 8.17. The zero-order chi connectivity index (χ0) is 15.3. The van der Waals surface area contributed by atoms with Crippen LogP contribution < -0.4 is 11.1 Å². The highest BCUT2D eigenvalue weighted by Crippen LogP contribution is 2.17. The van der Waals surface area contributed by atoms with Crippen molar-refractivity contribution in [3.05, 3.63) is 24.3 Å². The van der Waals surface area contributed by atoms with Gasteiger partial charge < -0.3 is 11.1 Å². The highest BCUT2D eigenvalue weighted by atomic mass is 32.2. The van der Waals surface area contributed by atoms with Gasteiger partial charge in [-0.25, -0.2) is 8.42 Å². The number of anilines is 1. The minimum Gasteiger partial charge on any atom is -0.399 e. The smallest absolute Gasteiger partial charge is 0.238 e. The zero-order valence-corrected chi connectivity index (χ0v) is 12.9. The maximum Gasteiger partial charge on any atom is 0.238 e. The summed E-state index contributed by atoms with van der Waals surface area (Å²) >= 11 is 0. The Kier molecular flexibility index (Phi) is 5.56. The van der Waals surface area contributed by atoms with Gasteiger partial charge in [0.2, 0.25) is 5.91 Å². The van der Waals surface area contributed by atoms with E-state index in [1.54, 1.807) is 0 Å². The summed E-state index contributed by atoms with van der Waals surface area (Å²) in [7, 11) is -3.67. The molecule has 0 radical (unpaired) electrons. The number of carbonyl (C=O) groups excluding carboxylic acids is 1. The molecule has 1 amide bonds. The summed E-state index contributed by atoms with van der Waals surface area (Å²) in [4.78, 5) is 12.0. The van der Waals surface area contributed by atoms with Crippen LogP contribution in [0.1, 0.15) is 27.2 Å². The lowest BCUT2D eigenvalue weighted by atomic mass is 10.1. The second kappa shape index (κ2) is 6.74. The molecule has 5 nitrogen and oxygen atoms in total. The van der Waals surface area contributed by atoms with Gasteiger partial charge in [-0.2, -0.15) is 0 Å². The summed E-state index contributed by atoms with van der Waals surface area (Å²) in [5, 5.41) is 1.55. The molecular formula is C14H22N2O3S. The third-order valence-electron chi connectivity index (χ3n) is 3.06. The molecule has 0 bridgehead atoms. The summed E-state index contributed by atoms with van der Waals surface area (Å²) < 4.78 is 24.6. The van der Waals surface area contributed by atoms with E-state index in [2.05, 4.69) is 5.32 Å². The number of amides is 1. The maximum absolute atomic E-state index is 12.3. The molecule has 1 atom stereocenters. The minimum absolute atomic E-state index is 0.109. The predicted octanol–water partition coefficient (Wildman–Crippen LogP) is 1.59. The SMILES string of the molecule is CC(C)CCNC(=O)C(C)S(=O)(=O)c1ccc(N)cc1. The number of benzene rings is 1. The van der Waals surface area contributed by atoms with Gasteiger partial charge >= 0.3 is 0 Å². The minimum atomic E-state index is -3.67. The van der Waals surface area contributed by atoms with E-state index in [0.29, 0.717) is 18.2 Å². The average Bonchev–Trinajstić information content (AvgIpc) is 2.37. The fourth-order valence-electron chi connectivity index (χ4n) is 1.63. The molecule has 0 saturated heterocycles. The van der Waals surface area contributed by atoms with E-state index >= 15 is 0 Å². The Labute approximate surface area is 120 Å². The van der Waals surface area contributed by atoms with E-state index in [9.17, 15) is 13.2 Å². The molecule has 0 spiro atoms. The molecule has 3 N–H and O–H groups in total. The van der Waals surface area contributed by atoms with Crippen LogP contribution in [0.15, 0.2) is 29.2 Å². The number of nitrogens with two attached hydrogens (primary N) is 1. The van der Waals surface area contributed by atoms with Gasteiger partial charge in [-0.15, -0.1) is 0 Å². The van der Waals surface area contributed by atoms with Crippen molar-refractivity contribution in [1.82, 2.24) is 5.32 Å². The predicted molar refractivity (Wildman–Crippen MR) is 80.0 cm³/mol. The first-order valence-electron chi connectivity index (χ1n) is 6.62. The lowest BCUT2D eigenvalue weighted by Crippen LogP contribution is -2.38. The maximum atomic E-state index is 12.3. The van der Waals surface area contributed by atoms with Gasteiger partial charge in [-0.3, -0.25) is 4.79 Å². The summed E-state index contributed by atoms with van der Waals surface area (Å²) in [6.45, 7) is 5.97. The molecular weight excluding hydrogens is 276 g/mol. The number of sulfone groups is 1. The molecule has 112 valence electrons. The molecule has 1 aromatic carbocycles. The van der Waals surface area contributed by atoms with E-state index < -0.39 is 21.0 Å². The Morgan fingerprint density at radius 3 is 2.25 bits per heavy atom. The third-order valence-corrected chi connectivity index (χ3v) is 5.14. The zero-order valence-electron chi connectivity index (χ0n) is 12.1. The van der Waals surface area contributed by atoms with Crippen molar-refractivity contribution >= 4 is 21.4 Å². The van der Waals surface area contributed by atoms with Crippen molar-refractivity contribution in [3.63, 3.8) is 0 Å². The Hall–Kier alpha value is -1.56. The standard InChI is InChI=1S/C14H22N2O3S/c1-10(2)8-9-16-14(17)11(3)20(18,19)13-6-4-12(15)5-7-13/h4-7,10-11H,8-9,15H2,1-3H3,(H,16,17). The quantitative estimate of drug-likeness (QED) is 0.781. The van der Waals surface area contributed by atoms with Gasteiger partial charge in [0.1, 0.15) is 5.25 Å². The first-order chi connectivity index (χ1) is 9.25. The molecule has 0 fully saturated rings. The summed E-state index contributed by atoms with van der Waals surface area (Å²) in [6, 6.07) is 5.86. The van der Waals surface area contributed by atoms with Crippen molar-refractivity contribution in [2.75, 3.05) is 12.3 Å². The first kappa shape index (κ1) is 16.5. The van der Waals surface area contributed by atoms with Crippen LogP contribution in [0.3, 0.4) is 0 Å². The Bertz CT molecular complexity index is 550. The number of nitrogens with one attached hydrogen (secondary N) is 1. The third kappa shape index (κ3) is 4.23. The summed E-state index contributed by atoms with van der Waals surface area (Å²) in [5.41, 5.74) is 6.01. The fourth-order valence-corrected chi connectivity index (χ4v) is 2.92. The van der Waals surface area contributed by atoms with Crippen LogP contribution in [0.2, 0.25) is 0 Å². The van der Waals surface area contributed by atoms with Gasteiger partial charge in [0.05, 0.1) is 4.90 Å². The molecule has 1 rings (SSSR count). The van der Waals surface area contributed by atoms with Gasteiger partial charge in [-0.05, 0) is 43.5 Å². The average molecular weight is 298 g/mol. The number of hydrogen-bond donors (Lipinski definition) is 2. The largest absolute Gasteiger partial charge is 0.399 e. The van der Waals surface area contributed by atoms with Gasteiger partial charge in [0.25, 0.3) is 0 Å². The van der Waals surface area contributed by atoms with Crippen molar-refractivity contribution in [2.24, 2.45) is 5.92 Å². The van der Waals surface area contributed by atoms with Crippen LogP contribution in [-0.4, -0.2) is 26.1 Å². The van der Waals surface area contributed by atoms with Crippen molar-refractivity contribution < 1.29 is 13.2 Å². The number of carbonyl (C=O) groups is 1. The number of nitrogen functional groups attached to an aromatic ring is 1. The second-order valence-electron chi connectivity index (χ2n) is 5.23. The van der Waals surface area contributed by atoms with E-state index in [1.807, 2.05) is 13.8 Å². The van der Waals surface area contributed by atoms with Crippen LogP contribution >= 0.6 is 0 Å². The van der Waals surface area contributed by atoms with Gasteiger partial charge in [0.15, 0.2) is 9.84 Å². The van der Waals surface area contributed by atoms with Gasteiger partial charge in [-0.1, -0.05) is 13.8 Å². The molecule has 0 aliphatic heterocycles. The van der Waals surface area contributed by atoms with Crippen LogP contribution in [-0.2, 0) is 14.6 Å². The van der Waals surface area contributed by atoms with Crippen molar-refractivity contribution in [2.45, 2.75) is 37.3 Å². The second-order valence-corrected chi connectivity index (χ2v) is 7.50. The summed E-state index contributed by atoms with van der Waals surface area (Å²) in [6.07, 6.45) is 0.820. The van der Waals surface area contributed by atoms with E-state index in [-0.39, 0.29) is 4.90 Å². The van der Waals surface area contributed by atoms with Crippen LogP contribution in [0, 0.1) is 5.92 Å². The number of hydrogen-bond acceptors (Lipinski definition) is 4. The number of rotatable bonds is 6. The molecule has 0 heterocycles. The summed E-state index contributed by atoms with van der Waals surface area (Å²) in [5.74, 6) is -0.0122. The topological polar surface area (TPSA) is 89.3 Å². The lowest BCUT2D eigenvalue weighted by molar-refractivity contribution is -0.120. The molecule has 1 unspecified atom stereocenters. The van der Waals surface area contributed by atoms with Crippen LogP contribution in [0.4, 0.5) is 5.69 Å². The molecule has 1 aromatic rings. The Morgan fingerprint density at radius 1 is 1.20 bits per heavy atom. The molecule has 0 saturated carbocycles. The van der Waals surface area contributed by atoms with Crippen molar-refractivity contribution in [1.29, 1.82) is 0 Å². The molecule has 6 heteroatoms. The Morgan fingerprint density at radius 2 is 1.75 bits per heavy atom. The lowest BCUT2D eigenvalue weighted by Gasteiger charge is -2.14. The highest BCUT2D eigenvalue weighted by molar-refractivity contribution is 7.92. The van der Waals surface area contributed by atoms with E-state index in [0.717, 1.165) is 6.42 Å².